The van der Waals surface area contributed by atoms with Crippen molar-refractivity contribution in [1.29, 1.82) is 21.0 Å². The smallest absolute Gasteiger partial charge is 0.0594 e. The molecule has 0 aromatic heterocycles. The molecular weight excluding hydrogens is 1680 g/mol. The van der Waals surface area contributed by atoms with Gasteiger partial charge in [-0.15, -0.1) is 0 Å². The zero-order valence-electron chi connectivity index (χ0n) is 90.2. The fraction of sp³-hybridized carbons (Fsp3) is 0.960. The Bertz CT molecular complexity index is 1700. The van der Waals surface area contributed by atoms with Gasteiger partial charge in [-0.3, -0.25) is 0 Å². The van der Waals surface area contributed by atoms with Gasteiger partial charge in [0.15, 0.2) is 0 Å². The predicted octanol–water partition coefficient (Wildman–Crippen LogP) is 26.2. The van der Waals surface area contributed by atoms with Gasteiger partial charge in [0.1, 0.15) is 0 Å². The Morgan fingerprint density at radius 1 is 0.137 bits per heavy atom. The van der Waals surface area contributed by atoms with Gasteiger partial charge >= 0.3 is 0 Å². The normalized spacial score (nSPS) is 11.0. The van der Waals surface area contributed by atoms with Crippen LogP contribution in [0.15, 0.2) is 0 Å². The highest BCUT2D eigenvalue weighted by molar-refractivity contribution is 7.78. The Morgan fingerprint density at radius 2 is 0.202 bits per heavy atom. The lowest BCUT2D eigenvalue weighted by Gasteiger charge is -2.23. The van der Waals surface area contributed by atoms with Crippen LogP contribution in [-0.4, -0.2) is 226 Å². The van der Waals surface area contributed by atoms with E-state index in [-0.39, 0.29) is 0 Å². The molecule has 0 saturated heterocycles. The lowest BCUT2D eigenvalue weighted by Crippen LogP contribution is -2.43. The van der Waals surface area contributed by atoms with E-state index >= 15 is 0 Å². The van der Waals surface area contributed by atoms with Crippen molar-refractivity contribution < 1.29 is 40.2 Å². The maximum Gasteiger partial charge on any atom is 0.0594 e. The first-order valence-corrected chi connectivity index (χ1v) is 72.9. The minimum atomic E-state index is -2.31. The molecule has 12 nitrogen and oxygen atoms in total. The molecule has 0 radical (unpaired) electrons. The molecule has 0 unspecified atom stereocenters. The van der Waals surface area contributed by atoms with Gasteiger partial charge in [-0.25, -0.2) is 21.0 Å². The molecule has 0 N–H and O–H groups in total. The molecule has 0 saturated carbocycles. The van der Waals surface area contributed by atoms with Crippen molar-refractivity contribution in [3.63, 3.8) is 0 Å². The van der Waals surface area contributed by atoms with Crippen molar-refractivity contribution in [3.05, 3.63) is 0 Å². The van der Waals surface area contributed by atoms with Gasteiger partial charge < -0.3 is 40.2 Å². The molecule has 744 valence electrons. The minimum Gasteiger partial charge on any atom is -0.881 e. The first-order valence-electron chi connectivity index (χ1n) is 52.7. The van der Waals surface area contributed by atoms with Gasteiger partial charge in [0.05, 0.1) is 197 Å². The summed E-state index contributed by atoms with van der Waals surface area (Å²) in [4.78, 5) is 0. The molecule has 0 rings (SSSR count). The molecule has 0 amide bonds. The quantitative estimate of drug-likeness (QED) is 0.0312. The van der Waals surface area contributed by atoms with E-state index in [9.17, 15) is 0 Å². The molecule has 0 aromatic rings. The number of hydrogen-bond donors (Lipinski definition) is 0. The van der Waals surface area contributed by atoms with Gasteiger partial charge in [-0.05, 0) is 293 Å². The molecule has 0 bridgehead atoms. The van der Waals surface area contributed by atoms with Crippen molar-refractivity contribution in [2.24, 2.45) is 0 Å². The molecule has 0 heterocycles. The van der Waals surface area contributed by atoms with Gasteiger partial charge in [-0.1, -0.05) is 158 Å². The van der Waals surface area contributed by atoms with Crippen LogP contribution in [0.1, 0.15) is 427 Å². The van der Waals surface area contributed by atoms with Crippen molar-refractivity contribution in [2.75, 3.05) is 197 Å². The van der Waals surface area contributed by atoms with Crippen molar-refractivity contribution in [3.8, 4) is 23.9 Å². The molecule has 0 fully saturated rings. The average molecular weight is 1900 g/mol. The van der Waals surface area contributed by atoms with E-state index in [2.05, 4.69) is 222 Å². The zero-order chi connectivity index (χ0) is 98.4. The molecule has 24 heteroatoms. The summed E-state index contributed by atoms with van der Waals surface area (Å²) in [5, 5.41) is 101. The number of rotatable bonds is 64. The summed E-state index contributed by atoms with van der Waals surface area (Å²) in [5.41, 5.74) is 0. The van der Waals surface area contributed by atoms with E-state index in [4.69, 9.17) is 61.2 Å². The van der Waals surface area contributed by atoms with Crippen LogP contribution in [0.3, 0.4) is 0 Å². The fourth-order valence-electron chi connectivity index (χ4n) is 16.2. The van der Waals surface area contributed by atoms with E-state index in [1.54, 1.807) is 49.3 Å². The Morgan fingerprint density at radius 3 is 0.242 bits per heavy atom. The van der Waals surface area contributed by atoms with Gasteiger partial charge in [0, 0.05) is 86.6 Å². The lowest BCUT2D eigenvalue weighted by molar-refractivity contribution is -0.342. The highest BCUT2D eigenvalue weighted by atomic mass is 31.2. The molecular formula is C100H224B4N4O8P8. The van der Waals surface area contributed by atoms with E-state index in [0.717, 1.165) is 23.9 Å². The number of hydrogen-bond acceptors (Lipinski definition) is 12. The van der Waals surface area contributed by atoms with Crippen molar-refractivity contribution >= 4 is 86.6 Å². The zero-order valence-corrected chi connectivity index (χ0v) is 97.4. The molecule has 0 aliphatic rings. The van der Waals surface area contributed by atoms with Crippen LogP contribution in [0.2, 0.25) is 0 Å². The van der Waals surface area contributed by atoms with E-state index < -0.39 is 86.6 Å². The van der Waals surface area contributed by atoms with E-state index in [1.165, 1.54) is 353 Å². The van der Waals surface area contributed by atoms with Crippen molar-refractivity contribution in [1.82, 2.24) is 0 Å². The van der Waals surface area contributed by atoms with Gasteiger partial charge in [0.25, 0.3) is 0 Å². The second-order valence-electron chi connectivity index (χ2n) is 34.4. The van der Waals surface area contributed by atoms with Crippen LogP contribution in [0.5, 0.6) is 0 Å². The first kappa shape index (κ1) is 151. The standard InChI is InChI=1S/8C12H28P.4CBNO2/c8*1-5-9-10-11-12-13(6-2,7-3)8-4;4*3-1-2(4)5/h8*5-12H2,1-4H3;;;;/q8*+1;4*-2. The second-order valence-corrected chi connectivity index (χ2v) is 74.7. The number of unbranched alkanes of at least 4 members (excludes halogenated alkanes) is 24. The van der Waals surface area contributed by atoms with Crippen LogP contribution < -0.4 is 40.2 Å². The molecule has 124 heavy (non-hydrogen) atoms. The lowest BCUT2D eigenvalue weighted by atomic mass is 9.97. The summed E-state index contributed by atoms with van der Waals surface area (Å²) in [6.07, 6.45) is 94.2. The number of nitriles is 4. The third-order valence-corrected chi connectivity index (χ3v) is 70.7. The van der Waals surface area contributed by atoms with E-state index in [1.807, 2.05) is 0 Å². The maximum atomic E-state index is 8.98. The minimum absolute atomic E-state index is 0.479. The summed E-state index contributed by atoms with van der Waals surface area (Å²) in [7, 11) is -13.1. The number of nitrogens with zero attached hydrogens (tertiary/aromatic N) is 4. The predicted molar refractivity (Wildman–Crippen MR) is 586 cm³/mol. The SMILES string of the molecule is CCCCCC[P+](CC)(CC)CC.CCCCCC[P+](CC)(CC)CC.CCCCCC[P+](CC)(CC)CC.CCCCCC[P+](CC)(CC)CC.CCCCCC[P+](CC)(CC)CC.CCCCCC[P+](CC)(CC)CC.CCCCCC[P+](CC)(CC)CC.CCCCCC[P+](CC)(CC)CC.N#CB([O-])[O-].N#CB([O-])[O-].N#CB([O-])[O-].N#CB([O-])[O-]. The van der Waals surface area contributed by atoms with Crippen LogP contribution in [0.4, 0.5) is 0 Å². The summed E-state index contributed by atoms with van der Waals surface area (Å²) in [6.45, 7) is 76.0. The van der Waals surface area contributed by atoms with E-state index in [0.29, 0.717) is 0 Å². The summed E-state index contributed by atoms with van der Waals surface area (Å²) in [5.74, 6) is 3.67. The Kier molecular flexibility index (Phi) is 138. The summed E-state index contributed by atoms with van der Waals surface area (Å²) in [6, 6.07) is 0. The largest absolute Gasteiger partial charge is 0.881 e. The highest BCUT2D eigenvalue weighted by Gasteiger charge is 2.35. The Balaban J connectivity index is -0.000000112. The topological polar surface area (TPSA) is 280 Å². The monoisotopic (exact) mass is 1900 g/mol. The first-order chi connectivity index (χ1) is 59.0. The molecule has 0 spiro atoms. The second kappa shape index (κ2) is 113. The van der Waals surface area contributed by atoms with Crippen LogP contribution in [0.25, 0.3) is 0 Å². The maximum absolute atomic E-state index is 8.98. The molecule has 0 atom stereocenters. The van der Waals surface area contributed by atoms with Crippen LogP contribution >= 0.6 is 58.1 Å². The third kappa shape index (κ3) is 97.9. The fourth-order valence-corrected chi connectivity index (χ4v) is 41.6. The molecule has 0 aliphatic carbocycles. The summed E-state index contributed by atoms with van der Waals surface area (Å²) < 4.78 is 0. The van der Waals surface area contributed by atoms with Gasteiger partial charge in [-0.2, -0.15) is 0 Å². The summed E-state index contributed by atoms with van der Waals surface area (Å²) >= 11 is 0. The van der Waals surface area contributed by atoms with Gasteiger partial charge in [0.2, 0.25) is 0 Å². The highest BCUT2D eigenvalue weighted by Crippen LogP contribution is 2.63. The third-order valence-electron chi connectivity index (χ3n) is 28.4. The Hall–Kier alpha value is 1.34. The molecule has 0 aromatic carbocycles. The van der Waals surface area contributed by atoms with Crippen LogP contribution in [-0.2, 0) is 0 Å². The average Bonchev–Trinajstić information content (AvgIpc) is 0.959. The van der Waals surface area contributed by atoms with Crippen LogP contribution in [0, 0.1) is 44.9 Å². The Labute approximate surface area is 790 Å². The molecule has 0 aliphatic heterocycles. The van der Waals surface area contributed by atoms with Crippen molar-refractivity contribution in [2.45, 2.75) is 427 Å².